The summed E-state index contributed by atoms with van der Waals surface area (Å²) in [5.74, 6) is 0. The van der Waals surface area contributed by atoms with E-state index in [0.717, 1.165) is 28.5 Å². The fourth-order valence-electron chi connectivity index (χ4n) is 8.45. The van der Waals surface area contributed by atoms with Crippen molar-refractivity contribution in [2.45, 2.75) is 0 Å². The zero-order valence-corrected chi connectivity index (χ0v) is 28.2. The maximum absolute atomic E-state index is 5.39. The first-order chi connectivity index (χ1) is 24.8. The summed E-state index contributed by atoms with van der Waals surface area (Å²) >= 11 is 1.89. The van der Waals surface area contributed by atoms with Gasteiger partial charge in [-0.1, -0.05) is 66.7 Å². The number of fused-ring (bicyclic) bond motifs is 11. The number of pyridine rings is 2. The standard InChI is InChI=1S/C44H26N4S2/c1-2-10-27(11-3-1)47-36-14-5-4-12-31(36)41-37(47)18-16-29-30-17-19-39-42-32-26-50(23-20-38(32)49-39)22-9-7-15-40(50)35-25-28(48(43(29)41)44(30)42)24-34(46-35)33-13-6-8-21-45-33/h1-26H. The lowest BCUT2D eigenvalue weighted by molar-refractivity contribution is 1.15. The van der Waals surface area contributed by atoms with E-state index in [1.54, 1.807) is 0 Å². The Morgan fingerprint density at radius 3 is 2.34 bits per heavy atom. The normalized spacial score (nSPS) is 17.2. The molecule has 0 amide bonds. The second-order valence-electron chi connectivity index (χ2n) is 13.1. The molecular formula is C44H26N4S2. The van der Waals surface area contributed by atoms with Crippen LogP contribution in [0.3, 0.4) is 0 Å². The largest absolute Gasteiger partial charge is 0.309 e. The Balaban J connectivity index is 1.38. The van der Waals surface area contributed by atoms with Gasteiger partial charge in [0.05, 0.1) is 44.8 Å². The molecule has 9 aromatic rings. The first-order valence-corrected chi connectivity index (χ1v) is 19.4. The van der Waals surface area contributed by atoms with Gasteiger partial charge in [-0.15, -0.1) is 11.3 Å². The third-order valence-electron chi connectivity index (χ3n) is 10.5. The van der Waals surface area contributed by atoms with Gasteiger partial charge in [-0.3, -0.25) is 4.98 Å². The monoisotopic (exact) mass is 674 g/mol. The summed E-state index contributed by atoms with van der Waals surface area (Å²) in [6, 6.07) is 39.6. The van der Waals surface area contributed by atoms with Gasteiger partial charge in [-0.25, -0.2) is 4.98 Å². The highest BCUT2D eigenvalue weighted by molar-refractivity contribution is 8.38. The molecule has 6 heteroatoms. The number of aromatic nitrogens is 4. The number of allylic oxidation sites excluding steroid dienone is 3. The second kappa shape index (κ2) is 9.60. The zero-order chi connectivity index (χ0) is 32.6. The number of benzene rings is 4. The summed E-state index contributed by atoms with van der Waals surface area (Å²) in [7, 11) is -1.58. The lowest BCUT2D eigenvalue weighted by Gasteiger charge is -2.21. The molecule has 1 atom stereocenters. The summed E-state index contributed by atoms with van der Waals surface area (Å²) in [6.07, 6.45) is 10.9. The van der Waals surface area contributed by atoms with Crippen LogP contribution in [0.1, 0.15) is 5.69 Å². The predicted octanol–water partition coefficient (Wildman–Crippen LogP) is 9.31. The number of hydrogen-bond donors (Lipinski definition) is 0. The molecule has 0 N–H and O–H groups in total. The molecule has 8 heterocycles. The Kier molecular flexibility index (Phi) is 5.17. The summed E-state index contributed by atoms with van der Waals surface area (Å²) < 4.78 is 7.60. The van der Waals surface area contributed by atoms with Crippen molar-refractivity contribution in [1.82, 2.24) is 19.1 Å². The van der Waals surface area contributed by atoms with Crippen LogP contribution in [-0.2, 0) is 0 Å². The van der Waals surface area contributed by atoms with E-state index in [4.69, 9.17) is 9.97 Å². The van der Waals surface area contributed by atoms with Crippen LogP contribution in [0, 0.1) is 0 Å². The third-order valence-corrected chi connectivity index (χ3v) is 14.6. The van der Waals surface area contributed by atoms with Crippen LogP contribution in [0.5, 0.6) is 0 Å². The molecule has 12 rings (SSSR count). The van der Waals surface area contributed by atoms with Crippen molar-refractivity contribution in [3.63, 3.8) is 0 Å². The van der Waals surface area contributed by atoms with Gasteiger partial charge in [-0.2, -0.15) is 9.21 Å². The molecule has 50 heavy (non-hydrogen) atoms. The molecule has 3 aliphatic heterocycles. The number of rotatable bonds is 2. The Morgan fingerprint density at radius 2 is 1.44 bits per heavy atom. The van der Waals surface area contributed by atoms with E-state index in [0.29, 0.717) is 0 Å². The molecule has 0 aliphatic carbocycles. The van der Waals surface area contributed by atoms with Crippen LogP contribution >= 0.6 is 20.5 Å². The predicted molar refractivity (Wildman–Crippen MR) is 216 cm³/mol. The smallest absolute Gasteiger partial charge is 0.0914 e. The molecule has 3 aliphatic rings. The van der Waals surface area contributed by atoms with Crippen LogP contribution in [0.2, 0.25) is 0 Å². The summed E-state index contributed by atoms with van der Waals surface area (Å²) in [6.45, 7) is 0. The molecule has 0 saturated heterocycles. The van der Waals surface area contributed by atoms with Crippen molar-refractivity contribution < 1.29 is 0 Å². The van der Waals surface area contributed by atoms with E-state index in [2.05, 4.69) is 147 Å². The van der Waals surface area contributed by atoms with Gasteiger partial charge in [0, 0.05) is 58.1 Å². The van der Waals surface area contributed by atoms with Crippen LogP contribution in [0.15, 0.2) is 139 Å². The molecule has 1 spiro atoms. The van der Waals surface area contributed by atoms with Gasteiger partial charge < -0.3 is 9.13 Å². The van der Waals surface area contributed by atoms with Gasteiger partial charge in [0.25, 0.3) is 0 Å². The van der Waals surface area contributed by atoms with Gasteiger partial charge in [0.1, 0.15) is 0 Å². The molecular weight excluding hydrogens is 649 g/mol. The summed E-state index contributed by atoms with van der Waals surface area (Å²) in [5, 5.41) is 15.1. The van der Waals surface area contributed by atoms with Crippen LogP contribution in [0.25, 0.3) is 87.9 Å². The molecule has 0 saturated carbocycles. The van der Waals surface area contributed by atoms with Crippen LogP contribution in [-0.4, -0.2) is 29.3 Å². The van der Waals surface area contributed by atoms with E-state index in [1.165, 1.54) is 68.3 Å². The van der Waals surface area contributed by atoms with Crippen LogP contribution < -0.4 is 9.75 Å². The molecule has 234 valence electrons. The van der Waals surface area contributed by atoms with Crippen molar-refractivity contribution in [2.24, 2.45) is 0 Å². The van der Waals surface area contributed by atoms with Crippen LogP contribution in [0.4, 0.5) is 0 Å². The fourth-order valence-corrected chi connectivity index (χ4v) is 12.5. The van der Waals surface area contributed by atoms with Gasteiger partial charge in [0.15, 0.2) is 0 Å². The van der Waals surface area contributed by atoms with E-state index in [9.17, 15) is 0 Å². The molecule has 4 nitrogen and oxygen atoms in total. The van der Waals surface area contributed by atoms with Gasteiger partial charge in [-0.05, 0) is 82.9 Å². The van der Waals surface area contributed by atoms with Gasteiger partial charge >= 0.3 is 0 Å². The van der Waals surface area contributed by atoms with E-state index >= 15 is 0 Å². The fraction of sp³-hybridized carbons (Fsp3) is 0. The Morgan fingerprint density at radius 1 is 0.620 bits per heavy atom. The molecule has 5 aromatic heterocycles. The minimum absolute atomic E-state index is 0.867. The topological polar surface area (TPSA) is 35.6 Å². The number of thiophene rings is 1. The van der Waals surface area contributed by atoms with Crippen molar-refractivity contribution >= 4 is 96.0 Å². The lowest BCUT2D eigenvalue weighted by Crippen LogP contribution is -2.23. The number of para-hydroxylation sites is 2. The number of nitrogens with zero attached hydrogens (tertiary/aromatic N) is 4. The highest BCUT2D eigenvalue weighted by Gasteiger charge is 2.26. The van der Waals surface area contributed by atoms with E-state index < -0.39 is 9.21 Å². The third kappa shape index (κ3) is 3.41. The van der Waals surface area contributed by atoms with Gasteiger partial charge in [0.2, 0.25) is 0 Å². The maximum atomic E-state index is 5.39. The minimum Gasteiger partial charge on any atom is -0.309 e. The molecule has 4 bridgehead atoms. The van der Waals surface area contributed by atoms with Crippen molar-refractivity contribution in [2.75, 3.05) is 0 Å². The summed E-state index contributed by atoms with van der Waals surface area (Å²) in [4.78, 5) is 11.4. The lowest BCUT2D eigenvalue weighted by atomic mass is 10.1. The van der Waals surface area contributed by atoms with Crippen molar-refractivity contribution in [3.05, 3.63) is 154 Å². The molecule has 4 aromatic carbocycles. The first kappa shape index (κ1) is 26.9. The zero-order valence-electron chi connectivity index (χ0n) is 26.6. The Bertz CT molecular complexity index is 3330. The first-order valence-electron chi connectivity index (χ1n) is 16.8. The molecule has 0 radical (unpaired) electrons. The average Bonchev–Trinajstić information content (AvgIpc) is 3.82. The van der Waals surface area contributed by atoms with E-state index in [1.807, 2.05) is 29.7 Å². The number of hydrogen-bond acceptors (Lipinski definition) is 3. The van der Waals surface area contributed by atoms with E-state index in [-0.39, 0.29) is 0 Å². The van der Waals surface area contributed by atoms with Crippen molar-refractivity contribution in [1.29, 1.82) is 0 Å². The molecule has 0 fully saturated rings. The summed E-state index contributed by atoms with van der Waals surface area (Å²) in [5.41, 5.74) is 9.84. The Hall–Kier alpha value is -5.95. The molecule has 1 unspecified atom stereocenters. The van der Waals surface area contributed by atoms with Crippen molar-refractivity contribution in [3.8, 4) is 22.8 Å². The highest BCUT2D eigenvalue weighted by Crippen LogP contribution is 2.45. The minimum atomic E-state index is -1.58. The Labute approximate surface area is 291 Å². The highest BCUT2D eigenvalue weighted by atomic mass is 32.2. The SMILES string of the molecule is C1=CC2=S3(=CC=c4sc5ccc6c7ccc8c(c9ccccc9n8-c8ccccc8)c7n(c6c5c4=C3)-c3cc2nc(-c2ccccn2)c3)C=C1. The quantitative estimate of drug-likeness (QED) is 0.171. The maximum Gasteiger partial charge on any atom is 0.0914 e. The second-order valence-corrected chi connectivity index (χ2v) is 17.0. The average molecular weight is 675 g/mol.